The molecule has 3 N–H and O–H groups in total. The molecule has 18 heavy (non-hydrogen) atoms. The van der Waals surface area contributed by atoms with Crippen molar-refractivity contribution in [1.29, 1.82) is 0 Å². The summed E-state index contributed by atoms with van der Waals surface area (Å²) in [5.74, 6) is -0.395. The topological polar surface area (TPSA) is 66.6 Å². The fourth-order valence-corrected chi connectivity index (χ4v) is 2.40. The highest BCUT2D eigenvalue weighted by Gasteiger charge is 2.17. The lowest BCUT2D eigenvalue weighted by Crippen LogP contribution is -2.26. The Balaban J connectivity index is 2.18. The summed E-state index contributed by atoms with van der Waals surface area (Å²) < 4.78 is 0. The van der Waals surface area contributed by atoms with Crippen molar-refractivity contribution in [1.82, 2.24) is 4.90 Å². The van der Waals surface area contributed by atoms with Crippen LogP contribution in [0, 0.1) is 0 Å². The fraction of sp³-hybridized carbons (Fsp3) is 0.154. The highest BCUT2D eigenvalue weighted by Crippen LogP contribution is 2.25. The van der Waals surface area contributed by atoms with Gasteiger partial charge in [-0.05, 0) is 23.6 Å². The molecule has 0 unspecified atom stereocenters. The molecule has 0 spiro atoms. The number of phenolic OH excluding ortho intramolecular Hbond substituents is 1. The fourth-order valence-electron chi connectivity index (χ4n) is 1.65. The number of thiophene rings is 1. The molecule has 0 aliphatic heterocycles. The summed E-state index contributed by atoms with van der Waals surface area (Å²) in [6.45, 7) is 0.519. The second kappa shape index (κ2) is 5.10. The van der Waals surface area contributed by atoms with Crippen molar-refractivity contribution in [2.45, 2.75) is 6.54 Å². The van der Waals surface area contributed by atoms with Gasteiger partial charge in [-0.2, -0.15) is 0 Å². The number of hydrogen-bond donors (Lipinski definition) is 2. The van der Waals surface area contributed by atoms with Crippen molar-refractivity contribution in [3.05, 3.63) is 46.2 Å². The van der Waals surface area contributed by atoms with E-state index >= 15 is 0 Å². The van der Waals surface area contributed by atoms with Crippen molar-refractivity contribution >= 4 is 22.9 Å². The number of nitrogens with two attached hydrogens (primary N) is 1. The van der Waals surface area contributed by atoms with E-state index in [-0.39, 0.29) is 22.9 Å². The standard InChI is InChI=1S/C13H14N2O2S/c1-15(8-9-4-3-7-18-9)13(17)10-5-2-6-11(14)12(10)16/h2-7,16H,8,14H2,1H3. The average Bonchev–Trinajstić information content (AvgIpc) is 2.84. The summed E-state index contributed by atoms with van der Waals surface area (Å²) in [7, 11) is 1.70. The van der Waals surface area contributed by atoms with E-state index in [2.05, 4.69) is 0 Å². The third kappa shape index (κ3) is 2.46. The Labute approximate surface area is 109 Å². The van der Waals surface area contributed by atoms with Crippen LogP contribution in [0.3, 0.4) is 0 Å². The number of carbonyl (C=O) groups is 1. The summed E-state index contributed by atoms with van der Waals surface area (Å²) in [4.78, 5) is 14.8. The van der Waals surface area contributed by atoms with Crippen LogP contribution in [-0.2, 0) is 6.54 Å². The van der Waals surface area contributed by atoms with E-state index in [1.165, 1.54) is 0 Å². The zero-order chi connectivity index (χ0) is 13.1. The molecule has 0 aliphatic carbocycles. The van der Waals surface area contributed by atoms with E-state index in [1.807, 2.05) is 17.5 Å². The molecule has 0 bridgehead atoms. The van der Waals surface area contributed by atoms with Gasteiger partial charge in [0, 0.05) is 11.9 Å². The minimum Gasteiger partial charge on any atom is -0.505 e. The second-order valence-electron chi connectivity index (χ2n) is 3.98. The number of para-hydroxylation sites is 1. The van der Waals surface area contributed by atoms with Gasteiger partial charge in [-0.25, -0.2) is 0 Å². The molecule has 0 atom stereocenters. The van der Waals surface area contributed by atoms with Crippen LogP contribution in [0.15, 0.2) is 35.7 Å². The predicted octanol–water partition coefficient (Wildman–Crippen LogP) is 2.31. The first-order chi connectivity index (χ1) is 8.59. The Kier molecular flexibility index (Phi) is 3.53. The monoisotopic (exact) mass is 262 g/mol. The maximum absolute atomic E-state index is 12.2. The van der Waals surface area contributed by atoms with Crippen LogP contribution < -0.4 is 5.73 Å². The first-order valence-electron chi connectivity index (χ1n) is 5.45. The number of rotatable bonds is 3. The van der Waals surface area contributed by atoms with Crippen LogP contribution in [0.2, 0.25) is 0 Å². The Morgan fingerprint density at radius 1 is 1.39 bits per heavy atom. The van der Waals surface area contributed by atoms with Crippen LogP contribution >= 0.6 is 11.3 Å². The van der Waals surface area contributed by atoms with E-state index in [0.717, 1.165) is 4.88 Å². The molecule has 2 aromatic rings. The summed E-state index contributed by atoms with van der Waals surface area (Å²) in [6, 6.07) is 8.69. The van der Waals surface area contributed by atoms with E-state index in [4.69, 9.17) is 5.73 Å². The van der Waals surface area contributed by atoms with Gasteiger partial charge in [0.05, 0.1) is 17.8 Å². The first-order valence-corrected chi connectivity index (χ1v) is 6.33. The zero-order valence-electron chi connectivity index (χ0n) is 9.96. The summed E-state index contributed by atoms with van der Waals surface area (Å²) in [5.41, 5.74) is 6.02. The van der Waals surface area contributed by atoms with E-state index in [9.17, 15) is 9.90 Å². The van der Waals surface area contributed by atoms with Gasteiger partial charge in [0.2, 0.25) is 0 Å². The summed E-state index contributed by atoms with van der Waals surface area (Å²) in [5, 5.41) is 11.7. The van der Waals surface area contributed by atoms with Gasteiger partial charge in [0.25, 0.3) is 5.91 Å². The van der Waals surface area contributed by atoms with Crippen LogP contribution in [-0.4, -0.2) is 23.0 Å². The van der Waals surface area contributed by atoms with E-state index in [1.54, 1.807) is 41.5 Å². The van der Waals surface area contributed by atoms with Gasteiger partial charge in [-0.15, -0.1) is 11.3 Å². The summed E-state index contributed by atoms with van der Waals surface area (Å²) in [6.07, 6.45) is 0. The van der Waals surface area contributed by atoms with Crippen LogP contribution in [0.4, 0.5) is 5.69 Å². The molecule has 0 aliphatic rings. The largest absolute Gasteiger partial charge is 0.505 e. The average molecular weight is 262 g/mol. The number of hydrogen-bond acceptors (Lipinski definition) is 4. The number of amides is 1. The smallest absolute Gasteiger partial charge is 0.257 e. The lowest BCUT2D eigenvalue weighted by atomic mass is 10.1. The van der Waals surface area contributed by atoms with Gasteiger partial charge < -0.3 is 15.7 Å². The van der Waals surface area contributed by atoms with Crippen LogP contribution in [0.1, 0.15) is 15.2 Å². The first kappa shape index (κ1) is 12.4. The number of nitrogen functional groups attached to an aromatic ring is 1. The second-order valence-corrected chi connectivity index (χ2v) is 5.02. The van der Waals surface area contributed by atoms with Gasteiger partial charge in [0.1, 0.15) is 0 Å². The predicted molar refractivity (Wildman–Crippen MR) is 72.6 cm³/mol. The highest BCUT2D eigenvalue weighted by atomic mass is 32.1. The molecule has 0 saturated carbocycles. The van der Waals surface area contributed by atoms with Crippen LogP contribution in [0.25, 0.3) is 0 Å². The van der Waals surface area contributed by atoms with Crippen molar-refractivity contribution in [2.24, 2.45) is 0 Å². The Hall–Kier alpha value is -2.01. The third-order valence-corrected chi connectivity index (χ3v) is 3.48. The number of carbonyl (C=O) groups excluding carboxylic acids is 1. The minimum atomic E-state index is -0.242. The molecular formula is C13H14N2O2S. The molecule has 0 radical (unpaired) electrons. The SMILES string of the molecule is CN(Cc1cccs1)C(=O)c1cccc(N)c1O. The van der Waals surface area contributed by atoms with Gasteiger partial charge in [-0.3, -0.25) is 4.79 Å². The Morgan fingerprint density at radius 3 is 2.83 bits per heavy atom. The molecule has 94 valence electrons. The minimum absolute atomic E-state index is 0.152. The number of aromatic hydroxyl groups is 1. The van der Waals surface area contributed by atoms with E-state index in [0.29, 0.717) is 6.54 Å². The highest BCUT2D eigenvalue weighted by molar-refractivity contribution is 7.09. The molecule has 2 rings (SSSR count). The molecule has 1 aromatic heterocycles. The lowest BCUT2D eigenvalue weighted by Gasteiger charge is -2.17. The molecule has 0 saturated heterocycles. The van der Waals surface area contributed by atoms with Crippen molar-refractivity contribution in [3.8, 4) is 5.75 Å². The van der Waals surface area contributed by atoms with Crippen molar-refractivity contribution in [3.63, 3.8) is 0 Å². The summed E-state index contributed by atoms with van der Waals surface area (Å²) >= 11 is 1.59. The maximum Gasteiger partial charge on any atom is 0.257 e. The quantitative estimate of drug-likeness (QED) is 0.659. The van der Waals surface area contributed by atoms with E-state index < -0.39 is 0 Å². The van der Waals surface area contributed by atoms with Crippen molar-refractivity contribution < 1.29 is 9.90 Å². The molecule has 5 heteroatoms. The molecule has 1 heterocycles. The third-order valence-electron chi connectivity index (χ3n) is 2.62. The number of phenols is 1. The van der Waals surface area contributed by atoms with Gasteiger partial charge >= 0.3 is 0 Å². The zero-order valence-corrected chi connectivity index (χ0v) is 10.8. The Morgan fingerprint density at radius 2 is 2.17 bits per heavy atom. The number of anilines is 1. The molecule has 0 fully saturated rings. The lowest BCUT2D eigenvalue weighted by molar-refractivity contribution is 0.0783. The number of benzene rings is 1. The molecule has 1 aromatic carbocycles. The Bertz CT molecular complexity index is 552. The van der Waals surface area contributed by atoms with Gasteiger partial charge in [0.15, 0.2) is 5.75 Å². The van der Waals surface area contributed by atoms with Crippen molar-refractivity contribution in [2.75, 3.05) is 12.8 Å². The van der Waals surface area contributed by atoms with Crippen LogP contribution in [0.5, 0.6) is 5.75 Å². The number of nitrogens with zero attached hydrogens (tertiary/aromatic N) is 1. The molecular weight excluding hydrogens is 248 g/mol. The maximum atomic E-state index is 12.2. The normalized spacial score (nSPS) is 10.3. The molecule has 1 amide bonds. The molecule has 4 nitrogen and oxygen atoms in total. The van der Waals surface area contributed by atoms with Gasteiger partial charge in [-0.1, -0.05) is 12.1 Å².